The molecule has 0 aliphatic rings. The molecule has 0 aliphatic carbocycles. The number of aliphatic hydroxyl groups is 1. The molecule has 0 radical (unpaired) electrons. The van der Waals surface area contributed by atoms with Gasteiger partial charge in [0.05, 0.1) is 6.10 Å². The highest BCUT2D eigenvalue weighted by Crippen LogP contribution is 2.15. The Morgan fingerprint density at radius 2 is 0.696 bits per heavy atom. The van der Waals surface area contributed by atoms with Gasteiger partial charge in [0.1, 0.15) is 0 Å². The molecule has 0 unspecified atom stereocenters. The van der Waals surface area contributed by atoms with Crippen molar-refractivity contribution >= 4 is 0 Å². The molecular weight excluding hydrogens is 280 g/mol. The second kappa shape index (κ2) is 20.0. The van der Waals surface area contributed by atoms with E-state index >= 15 is 0 Å². The van der Waals surface area contributed by atoms with Crippen LogP contribution in [0.15, 0.2) is 0 Å². The van der Waals surface area contributed by atoms with E-state index in [1.54, 1.807) is 0 Å². The molecule has 0 saturated carbocycles. The minimum atomic E-state index is -0.0280. The lowest BCUT2D eigenvalue weighted by molar-refractivity contribution is 0.147. The number of aliphatic hydroxyl groups excluding tert-OH is 1. The maximum Gasteiger partial charge on any atom is 0.0540 e. The molecule has 0 heterocycles. The van der Waals surface area contributed by atoms with Crippen LogP contribution in [0.5, 0.6) is 0 Å². The first-order valence-corrected chi connectivity index (χ1v) is 11.0. The first-order valence-electron chi connectivity index (χ1n) is 11.0. The van der Waals surface area contributed by atoms with Gasteiger partial charge in [0, 0.05) is 0 Å². The molecule has 1 nitrogen and oxygen atoms in total. The summed E-state index contributed by atoms with van der Waals surface area (Å²) in [6.07, 6.45) is 25.3. The van der Waals surface area contributed by atoms with Gasteiger partial charge in [-0.05, 0) is 12.8 Å². The lowest BCUT2D eigenvalue weighted by Gasteiger charge is -2.10. The van der Waals surface area contributed by atoms with Crippen LogP contribution in [0.3, 0.4) is 0 Å². The van der Waals surface area contributed by atoms with Gasteiger partial charge < -0.3 is 5.11 Å². The van der Waals surface area contributed by atoms with Crippen LogP contribution in [-0.4, -0.2) is 11.2 Å². The standard InChI is InChI=1S/C22H46O/c1-3-5-7-9-11-12-13-14-15-17-19-21-22(23)20-18-16-10-8-6-4-2/h22-23H,3-21H2,1-2H3/t22-/m1/s1. The molecule has 1 heteroatoms. The van der Waals surface area contributed by atoms with E-state index in [1.807, 2.05) is 0 Å². The third kappa shape index (κ3) is 19.9. The first kappa shape index (κ1) is 23.0. The molecule has 0 amide bonds. The third-order valence-corrected chi connectivity index (χ3v) is 5.03. The van der Waals surface area contributed by atoms with Crippen molar-refractivity contribution in [1.82, 2.24) is 0 Å². The topological polar surface area (TPSA) is 20.2 Å². The predicted octanol–water partition coefficient (Wildman–Crippen LogP) is 7.80. The maximum absolute atomic E-state index is 10.00. The molecular formula is C22H46O. The van der Waals surface area contributed by atoms with Gasteiger partial charge in [-0.1, -0.05) is 123 Å². The Balaban J connectivity index is 3.10. The largest absolute Gasteiger partial charge is 0.393 e. The lowest BCUT2D eigenvalue weighted by Crippen LogP contribution is -2.05. The van der Waals surface area contributed by atoms with Gasteiger partial charge >= 0.3 is 0 Å². The summed E-state index contributed by atoms with van der Waals surface area (Å²) in [5, 5.41) is 10.00. The molecule has 1 atom stereocenters. The molecule has 0 bridgehead atoms. The molecule has 0 spiro atoms. The Bertz CT molecular complexity index is 202. The minimum absolute atomic E-state index is 0.0280. The van der Waals surface area contributed by atoms with Gasteiger partial charge in [0.25, 0.3) is 0 Å². The summed E-state index contributed by atoms with van der Waals surface area (Å²) in [6, 6.07) is 0. The number of hydrogen-bond donors (Lipinski definition) is 1. The van der Waals surface area contributed by atoms with Crippen molar-refractivity contribution < 1.29 is 5.11 Å². The van der Waals surface area contributed by atoms with Crippen molar-refractivity contribution in [2.75, 3.05) is 0 Å². The van der Waals surface area contributed by atoms with Crippen molar-refractivity contribution in [2.24, 2.45) is 0 Å². The minimum Gasteiger partial charge on any atom is -0.393 e. The van der Waals surface area contributed by atoms with Crippen molar-refractivity contribution in [3.63, 3.8) is 0 Å². The van der Waals surface area contributed by atoms with Crippen LogP contribution >= 0.6 is 0 Å². The predicted molar refractivity (Wildman–Crippen MR) is 105 cm³/mol. The Labute approximate surface area is 147 Å². The Morgan fingerprint density at radius 1 is 0.435 bits per heavy atom. The van der Waals surface area contributed by atoms with Gasteiger partial charge in [-0.3, -0.25) is 0 Å². The quantitative estimate of drug-likeness (QED) is 0.240. The molecule has 0 rings (SSSR count). The van der Waals surface area contributed by atoms with E-state index in [-0.39, 0.29) is 6.10 Å². The van der Waals surface area contributed by atoms with E-state index in [0.717, 1.165) is 12.8 Å². The summed E-state index contributed by atoms with van der Waals surface area (Å²) >= 11 is 0. The highest BCUT2D eigenvalue weighted by Gasteiger charge is 2.03. The number of hydrogen-bond acceptors (Lipinski definition) is 1. The molecule has 23 heavy (non-hydrogen) atoms. The van der Waals surface area contributed by atoms with Crippen LogP contribution in [0.1, 0.15) is 136 Å². The van der Waals surface area contributed by atoms with Crippen LogP contribution < -0.4 is 0 Å². The average Bonchev–Trinajstić information content (AvgIpc) is 2.56. The van der Waals surface area contributed by atoms with E-state index in [1.165, 1.54) is 109 Å². The Hall–Kier alpha value is -0.0400. The van der Waals surface area contributed by atoms with E-state index in [0.29, 0.717) is 0 Å². The lowest BCUT2D eigenvalue weighted by atomic mass is 10.0. The van der Waals surface area contributed by atoms with Crippen LogP contribution in [0.25, 0.3) is 0 Å². The Morgan fingerprint density at radius 3 is 1.00 bits per heavy atom. The van der Waals surface area contributed by atoms with Gasteiger partial charge in [0.15, 0.2) is 0 Å². The molecule has 0 saturated heterocycles. The molecule has 0 aromatic rings. The SMILES string of the molecule is CCCCCCCCCCCCC[C@H](O)CCCCCCCC. The normalized spacial score (nSPS) is 12.7. The van der Waals surface area contributed by atoms with E-state index in [2.05, 4.69) is 13.8 Å². The van der Waals surface area contributed by atoms with Crippen LogP contribution in [0.2, 0.25) is 0 Å². The molecule has 0 aromatic carbocycles. The van der Waals surface area contributed by atoms with Gasteiger partial charge in [-0.25, -0.2) is 0 Å². The van der Waals surface area contributed by atoms with Crippen molar-refractivity contribution in [3.05, 3.63) is 0 Å². The summed E-state index contributed by atoms with van der Waals surface area (Å²) in [5.41, 5.74) is 0. The van der Waals surface area contributed by atoms with Gasteiger partial charge in [-0.15, -0.1) is 0 Å². The third-order valence-electron chi connectivity index (χ3n) is 5.03. The molecule has 140 valence electrons. The molecule has 0 aliphatic heterocycles. The zero-order chi connectivity index (χ0) is 17.0. The van der Waals surface area contributed by atoms with E-state index < -0.39 is 0 Å². The maximum atomic E-state index is 10.00. The summed E-state index contributed by atoms with van der Waals surface area (Å²) in [4.78, 5) is 0. The monoisotopic (exact) mass is 326 g/mol. The zero-order valence-electron chi connectivity index (χ0n) is 16.5. The first-order chi connectivity index (χ1) is 11.3. The fourth-order valence-electron chi connectivity index (χ4n) is 3.35. The van der Waals surface area contributed by atoms with Crippen LogP contribution in [0, 0.1) is 0 Å². The summed E-state index contributed by atoms with van der Waals surface area (Å²) in [7, 11) is 0. The Kier molecular flexibility index (Phi) is 20.0. The van der Waals surface area contributed by atoms with E-state index in [4.69, 9.17) is 0 Å². The molecule has 1 N–H and O–H groups in total. The smallest absolute Gasteiger partial charge is 0.0540 e. The van der Waals surface area contributed by atoms with Crippen molar-refractivity contribution in [3.8, 4) is 0 Å². The fourth-order valence-corrected chi connectivity index (χ4v) is 3.35. The second-order valence-electron chi connectivity index (χ2n) is 7.53. The number of rotatable bonds is 19. The molecule has 0 aromatic heterocycles. The highest BCUT2D eigenvalue weighted by molar-refractivity contribution is 4.57. The number of unbranched alkanes of at least 4 members (excludes halogenated alkanes) is 15. The second-order valence-corrected chi connectivity index (χ2v) is 7.53. The van der Waals surface area contributed by atoms with E-state index in [9.17, 15) is 5.11 Å². The van der Waals surface area contributed by atoms with Gasteiger partial charge in [0.2, 0.25) is 0 Å². The van der Waals surface area contributed by atoms with Crippen molar-refractivity contribution in [2.45, 2.75) is 142 Å². The van der Waals surface area contributed by atoms with Crippen molar-refractivity contribution in [1.29, 1.82) is 0 Å². The zero-order valence-corrected chi connectivity index (χ0v) is 16.5. The average molecular weight is 327 g/mol. The highest BCUT2D eigenvalue weighted by atomic mass is 16.3. The molecule has 0 fully saturated rings. The van der Waals surface area contributed by atoms with Gasteiger partial charge in [-0.2, -0.15) is 0 Å². The fraction of sp³-hybridized carbons (Fsp3) is 1.00. The summed E-state index contributed by atoms with van der Waals surface area (Å²) in [5.74, 6) is 0. The summed E-state index contributed by atoms with van der Waals surface area (Å²) in [6.45, 7) is 4.54. The summed E-state index contributed by atoms with van der Waals surface area (Å²) < 4.78 is 0. The van der Waals surface area contributed by atoms with Crippen LogP contribution in [0.4, 0.5) is 0 Å². The van der Waals surface area contributed by atoms with Crippen LogP contribution in [-0.2, 0) is 0 Å².